The molecule has 10 nitrogen and oxygen atoms in total. The molecule has 4 rings (SSSR count). The van der Waals surface area contributed by atoms with E-state index in [0.717, 1.165) is 11.3 Å². The van der Waals surface area contributed by atoms with Gasteiger partial charge in [-0.25, -0.2) is 4.79 Å². The highest BCUT2D eigenvalue weighted by Crippen LogP contribution is 2.38. The van der Waals surface area contributed by atoms with Crippen molar-refractivity contribution in [2.75, 3.05) is 27.9 Å². The van der Waals surface area contributed by atoms with Gasteiger partial charge in [-0.05, 0) is 74.7 Å². The maximum Gasteiger partial charge on any atom is 0.340 e. The quantitative estimate of drug-likeness (QED) is 0.212. The molecule has 228 valence electrons. The molecule has 0 fully saturated rings. The van der Waals surface area contributed by atoms with Gasteiger partial charge >= 0.3 is 5.97 Å². The molecular weight excluding hydrogens is 606 g/mol. The fourth-order valence-corrected chi connectivity index (χ4v) is 6.11. The van der Waals surface area contributed by atoms with E-state index in [0.29, 0.717) is 50.3 Å². The average Bonchev–Trinajstić information content (AvgIpc) is 3.48. The summed E-state index contributed by atoms with van der Waals surface area (Å²) in [5.41, 5.74) is 1.80. The van der Waals surface area contributed by atoms with Crippen molar-refractivity contribution in [2.24, 2.45) is 0 Å². The molecule has 2 heterocycles. The van der Waals surface area contributed by atoms with Gasteiger partial charge in [0.05, 0.1) is 49.4 Å². The lowest BCUT2D eigenvalue weighted by Crippen LogP contribution is -2.32. The number of ether oxygens (including phenoxy) is 4. The molecule has 0 aliphatic heterocycles. The maximum absolute atomic E-state index is 14.1. The van der Waals surface area contributed by atoms with E-state index in [2.05, 4.69) is 4.98 Å². The van der Waals surface area contributed by atoms with Gasteiger partial charge < -0.3 is 23.9 Å². The molecule has 0 aliphatic carbocycles. The number of benzene rings is 2. The van der Waals surface area contributed by atoms with Crippen LogP contribution in [0.5, 0.6) is 17.2 Å². The van der Waals surface area contributed by atoms with Crippen LogP contribution in [0.2, 0.25) is 5.02 Å². The number of nitrogens with zero attached hydrogens (tertiary/aromatic N) is 2. The Morgan fingerprint density at radius 3 is 2.30 bits per heavy atom. The predicted octanol–water partition coefficient (Wildman–Crippen LogP) is 4.39. The van der Waals surface area contributed by atoms with Gasteiger partial charge in [-0.3, -0.25) is 14.2 Å². The summed E-state index contributed by atoms with van der Waals surface area (Å²) in [6.07, 6.45) is 1.61. The molecule has 0 unspecified atom stereocenters. The standard InChI is InChI=1S/C32H30ClN3O7S/c1-8-43-32(39)26-17(3)27(35-18(26)4)28(37)20(15-34)31-36(22-11-9-10-21(33)16(22)2)30(38)25(44-31)14-19-12-23(40-5)29(42-7)24(13-19)41-6/h9-14,35H,8H2,1-7H3/b25-14+,31-20-. The number of aryl methyl sites for hydroxylation is 1. The highest BCUT2D eigenvalue weighted by molar-refractivity contribution is 7.07. The number of thiazole rings is 1. The van der Waals surface area contributed by atoms with Gasteiger partial charge in [-0.15, -0.1) is 11.3 Å². The van der Waals surface area contributed by atoms with Crippen molar-refractivity contribution in [1.29, 1.82) is 5.26 Å². The van der Waals surface area contributed by atoms with Crippen molar-refractivity contribution < 1.29 is 28.5 Å². The lowest BCUT2D eigenvalue weighted by atomic mass is 10.0. The Kier molecular flexibility index (Phi) is 9.67. The van der Waals surface area contributed by atoms with Crippen LogP contribution >= 0.6 is 22.9 Å². The molecule has 0 amide bonds. The molecule has 0 saturated heterocycles. The van der Waals surface area contributed by atoms with Crippen LogP contribution in [0.3, 0.4) is 0 Å². The summed E-state index contributed by atoms with van der Waals surface area (Å²) < 4.78 is 23.1. The third-order valence-electron chi connectivity index (χ3n) is 6.99. The molecule has 2 aromatic carbocycles. The first-order chi connectivity index (χ1) is 21.0. The number of halogens is 1. The van der Waals surface area contributed by atoms with Crippen molar-refractivity contribution in [2.45, 2.75) is 27.7 Å². The largest absolute Gasteiger partial charge is 0.493 e. The minimum atomic E-state index is -0.683. The zero-order chi connectivity index (χ0) is 32.3. The number of methoxy groups -OCH3 is 3. The number of nitrogens with one attached hydrogen (secondary N) is 1. The van der Waals surface area contributed by atoms with Crippen LogP contribution in [0.25, 0.3) is 17.3 Å². The summed E-state index contributed by atoms with van der Waals surface area (Å²) in [5.74, 6) is -0.111. The second-order valence-corrected chi connectivity index (χ2v) is 11.0. The number of aromatic amines is 1. The Labute approximate surface area is 262 Å². The van der Waals surface area contributed by atoms with Crippen molar-refractivity contribution in [3.05, 3.63) is 88.5 Å². The predicted molar refractivity (Wildman–Crippen MR) is 168 cm³/mol. The van der Waals surface area contributed by atoms with Crippen LogP contribution in [-0.2, 0) is 4.74 Å². The fraction of sp³-hybridized carbons (Fsp3) is 0.250. The second-order valence-electron chi connectivity index (χ2n) is 9.56. The summed E-state index contributed by atoms with van der Waals surface area (Å²) in [5, 5.41) is 10.7. The van der Waals surface area contributed by atoms with Crippen LogP contribution < -0.4 is 29.0 Å². The van der Waals surface area contributed by atoms with Gasteiger partial charge in [0, 0.05) is 10.7 Å². The number of Topliss-reactive ketones (excluding diaryl/α,β-unsaturated/α-hetero) is 1. The van der Waals surface area contributed by atoms with Gasteiger partial charge in [-0.2, -0.15) is 5.26 Å². The first-order valence-electron chi connectivity index (χ1n) is 13.4. The summed E-state index contributed by atoms with van der Waals surface area (Å²) in [7, 11) is 4.45. The number of carbonyl (C=O) groups excluding carboxylic acids is 2. The molecule has 0 radical (unpaired) electrons. The van der Waals surface area contributed by atoms with Gasteiger partial charge in [0.25, 0.3) is 5.56 Å². The van der Waals surface area contributed by atoms with Crippen LogP contribution in [0, 0.1) is 32.1 Å². The number of hydrogen-bond donors (Lipinski definition) is 1. The Bertz CT molecular complexity index is 1990. The molecule has 0 aliphatic rings. The van der Waals surface area contributed by atoms with E-state index in [9.17, 15) is 19.6 Å². The van der Waals surface area contributed by atoms with E-state index in [1.165, 1.54) is 25.9 Å². The number of hydrogen-bond acceptors (Lipinski definition) is 9. The van der Waals surface area contributed by atoms with E-state index in [1.807, 2.05) is 6.07 Å². The maximum atomic E-state index is 14.1. The van der Waals surface area contributed by atoms with Crippen LogP contribution in [0.1, 0.15) is 50.2 Å². The highest BCUT2D eigenvalue weighted by Gasteiger charge is 2.27. The van der Waals surface area contributed by atoms with Crippen molar-refractivity contribution >= 4 is 46.3 Å². The fourth-order valence-electron chi connectivity index (χ4n) is 4.85. The molecule has 1 N–H and O–H groups in total. The van der Waals surface area contributed by atoms with Gasteiger partial charge in [0.1, 0.15) is 16.3 Å². The lowest BCUT2D eigenvalue weighted by molar-refractivity contribution is 0.0525. The Balaban J connectivity index is 2.08. The molecule has 0 atom stereocenters. The van der Waals surface area contributed by atoms with E-state index < -0.39 is 17.3 Å². The number of carbonyl (C=O) groups is 2. The summed E-state index contributed by atoms with van der Waals surface area (Å²) in [4.78, 5) is 43.5. The second kappa shape index (κ2) is 13.2. The van der Waals surface area contributed by atoms with Crippen LogP contribution in [0.15, 0.2) is 35.1 Å². The van der Waals surface area contributed by atoms with E-state index in [4.69, 9.17) is 30.5 Å². The first kappa shape index (κ1) is 32.1. The Hall–Kier alpha value is -4.79. The molecule has 4 aromatic rings. The monoisotopic (exact) mass is 635 g/mol. The smallest absolute Gasteiger partial charge is 0.340 e. The number of aromatic nitrogens is 2. The zero-order valence-electron chi connectivity index (χ0n) is 25.2. The SMILES string of the molecule is CCOC(=O)c1c(C)[nH]c(C(=O)/C(C#N)=c2\s/c(=C/c3cc(OC)c(OC)c(OC)c3)c(=O)n2-c2cccc(Cl)c2C)c1C. The molecule has 2 aromatic heterocycles. The summed E-state index contributed by atoms with van der Waals surface area (Å²) >= 11 is 7.39. The molecular formula is C32H30ClN3O7S. The van der Waals surface area contributed by atoms with Gasteiger partial charge in [0.15, 0.2) is 11.5 Å². The van der Waals surface area contributed by atoms with Crippen molar-refractivity contribution in [1.82, 2.24) is 9.55 Å². The topological polar surface area (TPSA) is 133 Å². The van der Waals surface area contributed by atoms with Gasteiger partial charge in [0.2, 0.25) is 11.5 Å². The Morgan fingerprint density at radius 1 is 1.07 bits per heavy atom. The summed E-state index contributed by atoms with van der Waals surface area (Å²) in [6, 6.07) is 10.4. The normalized spacial score (nSPS) is 12.0. The zero-order valence-corrected chi connectivity index (χ0v) is 26.8. The highest BCUT2D eigenvalue weighted by atomic mass is 35.5. The first-order valence-corrected chi connectivity index (χ1v) is 14.6. The average molecular weight is 636 g/mol. The molecule has 0 spiro atoms. The van der Waals surface area contributed by atoms with Crippen molar-refractivity contribution in [3.63, 3.8) is 0 Å². The van der Waals surface area contributed by atoms with Gasteiger partial charge in [-0.1, -0.05) is 17.7 Å². The van der Waals surface area contributed by atoms with E-state index in [-0.39, 0.29) is 32.6 Å². The number of rotatable bonds is 9. The molecule has 0 saturated carbocycles. The third-order valence-corrected chi connectivity index (χ3v) is 8.49. The molecule has 0 bridgehead atoms. The molecule has 44 heavy (non-hydrogen) atoms. The Morgan fingerprint density at radius 2 is 1.73 bits per heavy atom. The lowest BCUT2D eigenvalue weighted by Gasteiger charge is -2.12. The third kappa shape index (κ3) is 5.74. The molecule has 12 heteroatoms. The number of H-pyrrole nitrogens is 1. The van der Waals surface area contributed by atoms with Crippen LogP contribution in [0.4, 0.5) is 0 Å². The van der Waals surface area contributed by atoms with E-state index in [1.54, 1.807) is 64.1 Å². The summed E-state index contributed by atoms with van der Waals surface area (Å²) in [6.45, 7) is 6.83. The number of ketones is 1. The van der Waals surface area contributed by atoms with Crippen LogP contribution in [-0.4, -0.2) is 49.2 Å². The number of nitriles is 1. The van der Waals surface area contributed by atoms with Crippen molar-refractivity contribution in [3.8, 4) is 29.0 Å². The van der Waals surface area contributed by atoms with E-state index >= 15 is 0 Å². The minimum Gasteiger partial charge on any atom is -0.493 e. The minimum absolute atomic E-state index is 0.0486. The number of esters is 1.